The molecule has 3 rings (SSSR count). The lowest BCUT2D eigenvalue weighted by molar-refractivity contribution is 0.260. The van der Waals surface area contributed by atoms with Crippen LogP contribution in [0, 0.1) is 6.92 Å². The molecule has 0 radical (unpaired) electrons. The van der Waals surface area contributed by atoms with Crippen LogP contribution in [0.1, 0.15) is 17.0 Å². The largest absolute Gasteiger partial charge is 0.338 e. The van der Waals surface area contributed by atoms with E-state index < -0.39 is 0 Å². The van der Waals surface area contributed by atoms with Gasteiger partial charge < -0.3 is 4.52 Å². The first-order valence-corrected chi connectivity index (χ1v) is 7.33. The fraction of sp³-hybridized carbons (Fsp3) is 0.222. The number of aromatic nitrogens is 2. The second kappa shape index (κ2) is 6.54. The lowest BCUT2D eigenvalue weighted by Crippen LogP contribution is -2.18. The smallest absolute Gasteiger partial charge is 0.241 e. The molecule has 0 amide bonds. The van der Waals surface area contributed by atoms with Gasteiger partial charge in [0.15, 0.2) is 0 Å². The molecule has 2 aromatic carbocycles. The molecule has 4 heteroatoms. The van der Waals surface area contributed by atoms with Crippen molar-refractivity contribution in [1.29, 1.82) is 0 Å². The zero-order valence-corrected chi connectivity index (χ0v) is 12.9. The normalized spacial score (nSPS) is 11.0. The summed E-state index contributed by atoms with van der Waals surface area (Å²) in [6.45, 7) is 3.62. The van der Waals surface area contributed by atoms with Gasteiger partial charge in [0.1, 0.15) is 0 Å². The van der Waals surface area contributed by atoms with Crippen molar-refractivity contribution in [1.82, 2.24) is 15.0 Å². The molecular formula is C18H19N3O. The van der Waals surface area contributed by atoms with Crippen LogP contribution in [0.3, 0.4) is 0 Å². The predicted molar refractivity (Wildman–Crippen MR) is 86.1 cm³/mol. The monoisotopic (exact) mass is 293 g/mol. The third-order valence-electron chi connectivity index (χ3n) is 3.61. The van der Waals surface area contributed by atoms with Gasteiger partial charge in [-0.05, 0) is 25.1 Å². The fourth-order valence-electron chi connectivity index (χ4n) is 2.39. The van der Waals surface area contributed by atoms with Gasteiger partial charge in [-0.25, -0.2) is 0 Å². The molecule has 3 aromatic rings. The van der Waals surface area contributed by atoms with E-state index in [0.29, 0.717) is 18.3 Å². The van der Waals surface area contributed by atoms with Crippen LogP contribution in [0.25, 0.3) is 11.4 Å². The molecule has 0 saturated heterocycles. The Kier molecular flexibility index (Phi) is 4.30. The molecule has 0 N–H and O–H groups in total. The zero-order valence-electron chi connectivity index (χ0n) is 12.9. The second-order valence-corrected chi connectivity index (χ2v) is 5.48. The number of benzene rings is 2. The van der Waals surface area contributed by atoms with Crippen LogP contribution in [-0.2, 0) is 13.1 Å². The van der Waals surface area contributed by atoms with Crippen molar-refractivity contribution in [3.05, 3.63) is 71.6 Å². The van der Waals surface area contributed by atoms with Crippen molar-refractivity contribution < 1.29 is 4.52 Å². The first kappa shape index (κ1) is 14.5. The minimum Gasteiger partial charge on any atom is -0.338 e. The fourth-order valence-corrected chi connectivity index (χ4v) is 2.39. The first-order chi connectivity index (χ1) is 10.7. The van der Waals surface area contributed by atoms with Gasteiger partial charge in [0.2, 0.25) is 11.7 Å². The van der Waals surface area contributed by atoms with E-state index in [1.54, 1.807) is 0 Å². The van der Waals surface area contributed by atoms with E-state index in [4.69, 9.17) is 4.52 Å². The maximum Gasteiger partial charge on any atom is 0.241 e. The Morgan fingerprint density at radius 3 is 2.45 bits per heavy atom. The molecule has 0 unspecified atom stereocenters. The molecule has 0 aliphatic carbocycles. The molecule has 112 valence electrons. The van der Waals surface area contributed by atoms with Gasteiger partial charge in [0.25, 0.3) is 0 Å². The van der Waals surface area contributed by atoms with Crippen LogP contribution in [0.2, 0.25) is 0 Å². The van der Waals surface area contributed by atoms with Crippen LogP contribution < -0.4 is 0 Å². The summed E-state index contributed by atoms with van der Waals surface area (Å²) in [7, 11) is 2.05. The Bertz CT molecular complexity index is 737. The highest BCUT2D eigenvalue weighted by Gasteiger charge is 2.11. The average Bonchev–Trinajstić information content (AvgIpc) is 2.99. The molecule has 0 fully saturated rings. The standard InChI is InChI=1S/C18H19N3O/c1-14-8-6-7-11-16(14)12-21(2)13-17-19-18(20-22-17)15-9-4-3-5-10-15/h3-11H,12-13H2,1-2H3. The van der Waals surface area contributed by atoms with Crippen LogP contribution in [-0.4, -0.2) is 22.1 Å². The topological polar surface area (TPSA) is 42.2 Å². The maximum absolute atomic E-state index is 5.35. The van der Waals surface area contributed by atoms with Gasteiger partial charge in [-0.3, -0.25) is 4.90 Å². The summed E-state index contributed by atoms with van der Waals surface area (Å²) >= 11 is 0. The molecule has 22 heavy (non-hydrogen) atoms. The summed E-state index contributed by atoms with van der Waals surface area (Å²) in [6, 6.07) is 18.3. The molecule has 0 aliphatic rings. The van der Waals surface area contributed by atoms with E-state index in [2.05, 4.69) is 53.3 Å². The van der Waals surface area contributed by atoms with Gasteiger partial charge in [-0.15, -0.1) is 0 Å². The van der Waals surface area contributed by atoms with E-state index in [9.17, 15) is 0 Å². The first-order valence-electron chi connectivity index (χ1n) is 7.33. The second-order valence-electron chi connectivity index (χ2n) is 5.48. The molecule has 0 spiro atoms. The van der Waals surface area contributed by atoms with Gasteiger partial charge in [0.05, 0.1) is 6.54 Å². The maximum atomic E-state index is 5.35. The third kappa shape index (κ3) is 3.40. The molecular weight excluding hydrogens is 274 g/mol. The van der Waals surface area contributed by atoms with E-state index >= 15 is 0 Å². The van der Waals surface area contributed by atoms with Crippen LogP contribution in [0.5, 0.6) is 0 Å². The van der Waals surface area contributed by atoms with Gasteiger partial charge in [-0.2, -0.15) is 4.98 Å². The van der Waals surface area contributed by atoms with Crippen molar-refractivity contribution in [2.75, 3.05) is 7.05 Å². The quantitative estimate of drug-likeness (QED) is 0.719. The van der Waals surface area contributed by atoms with Crippen LogP contribution in [0.15, 0.2) is 59.1 Å². The Labute approximate surface area is 130 Å². The molecule has 1 heterocycles. The van der Waals surface area contributed by atoms with Gasteiger partial charge >= 0.3 is 0 Å². The summed E-state index contributed by atoms with van der Waals surface area (Å²) in [5, 5.41) is 4.05. The molecule has 0 atom stereocenters. The van der Waals surface area contributed by atoms with E-state index in [0.717, 1.165) is 12.1 Å². The summed E-state index contributed by atoms with van der Waals surface area (Å²) in [5.41, 5.74) is 3.58. The minimum absolute atomic E-state index is 0.633. The highest BCUT2D eigenvalue weighted by molar-refractivity contribution is 5.53. The molecule has 0 aliphatic heterocycles. The molecule has 0 saturated carbocycles. The van der Waals surface area contributed by atoms with Gasteiger partial charge in [-0.1, -0.05) is 59.8 Å². The van der Waals surface area contributed by atoms with Crippen LogP contribution in [0.4, 0.5) is 0 Å². The summed E-state index contributed by atoms with van der Waals surface area (Å²) < 4.78 is 5.35. The number of aryl methyl sites for hydroxylation is 1. The molecule has 4 nitrogen and oxygen atoms in total. The van der Waals surface area contributed by atoms with Crippen molar-refractivity contribution in [2.45, 2.75) is 20.0 Å². The van der Waals surface area contributed by atoms with Gasteiger partial charge in [0, 0.05) is 12.1 Å². The average molecular weight is 293 g/mol. The van der Waals surface area contributed by atoms with E-state index in [1.807, 2.05) is 30.3 Å². The zero-order chi connectivity index (χ0) is 15.4. The van der Waals surface area contributed by atoms with Crippen molar-refractivity contribution in [2.24, 2.45) is 0 Å². The van der Waals surface area contributed by atoms with E-state index in [1.165, 1.54) is 11.1 Å². The molecule has 1 aromatic heterocycles. The summed E-state index contributed by atoms with van der Waals surface area (Å²) in [5.74, 6) is 1.27. The minimum atomic E-state index is 0.633. The number of rotatable bonds is 5. The van der Waals surface area contributed by atoms with Crippen LogP contribution >= 0.6 is 0 Å². The lowest BCUT2D eigenvalue weighted by atomic mass is 10.1. The predicted octanol–water partition coefficient (Wildman–Crippen LogP) is 3.68. The van der Waals surface area contributed by atoms with E-state index in [-0.39, 0.29) is 0 Å². The number of nitrogens with zero attached hydrogens (tertiary/aromatic N) is 3. The summed E-state index contributed by atoms with van der Waals surface area (Å²) in [6.07, 6.45) is 0. The van der Waals surface area contributed by atoms with Crippen molar-refractivity contribution >= 4 is 0 Å². The Morgan fingerprint density at radius 1 is 0.955 bits per heavy atom. The third-order valence-corrected chi connectivity index (χ3v) is 3.61. The lowest BCUT2D eigenvalue weighted by Gasteiger charge is -2.15. The Balaban J connectivity index is 1.66. The Morgan fingerprint density at radius 2 is 1.68 bits per heavy atom. The number of hydrogen-bond donors (Lipinski definition) is 0. The summed E-state index contributed by atoms with van der Waals surface area (Å²) in [4.78, 5) is 6.64. The highest BCUT2D eigenvalue weighted by Crippen LogP contribution is 2.16. The highest BCUT2D eigenvalue weighted by atomic mass is 16.5. The van der Waals surface area contributed by atoms with Crippen molar-refractivity contribution in [3.8, 4) is 11.4 Å². The Hall–Kier alpha value is -2.46. The SMILES string of the molecule is Cc1ccccc1CN(C)Cc1nc(-c2ccccc2)no1. The van der Waals surface area contributed by atoms with Crippen molar-refractivity contribution in [3.63, 3.8) is 0 Å². The molecule has 0 bridgehead atoms. The number of hydrogen-bond acceptors (Lipinski definition) is 4.